The first-order chi connectivity index (χ1) is 16.5. The third-order valence-corrected chi connectivity index (χ3v) is 5.60. The zero-order valence-corrected chi connectivity index (χ0v) is 18.7. The van der Waals surface area contributed by atoms with Crippen LogP contribution >= 0.6 is 0 Å². The van der Waals surface area contributed by atoms with Gasteiger partial charge in [-0.2, -0.15) is 4.98 Å². The summed E-state index contributed by atoms with van der Waals surface area (Å²) < 4.78 is 11.1. The van der Waals surface area contributed by atoms with Gasteiger partial charge >= 0.3 is 6.09 Å². The summed E-state index contributed by atoms with van der Waals surface area (Å²) >= 11 is 0. The largest absolute Gasteiger partial charge is 0.474 e. The van der Waals surface area contributed by atoms with E-state index in [1.807, 2.05) is 59.5 Å². The number of aliphatic hydroxyl groups excluding tert-OH is 3. The van der Waals surface area contributed by atoms with Gasteiger partial charge in [0.2, 0.25) is 11.8 Å². The van der Waals surface area contributed by atoms with E-state index in [4.69, 9.17) is 14.6 Å². The summed E-state index contributed by atoms with van der Waals surface area (Å²) in [7, 11) is 0. The predicted octanol–water partition coefficient (Wildman–Crippen LogP) is 1.18. The Morgan fingerprint density at radius 3 is 2.38 bits per heavy atom. The van der Waals surface area contributed by atoms with Crippen LogP contribution < -0.4 is 9.64 Å². The third-order valence-electron chi connectivity index (χ3n) is 5.60. The molecule has 10 nitrogen and oxygen atoms in total. The minimum Gasteiger partial charge on any atom is -0.474 e. The van der Waals surface area contributed by atoms with Crippen molar-refractivity contribution in [3.05, 3.63) is 60.2 Å². The van der Waals surface area contributed by atoms with Crippen LogP contribution in [0.25, 0.3) is 10.9 Å². The van der Waals surface area contributed by atoms with Crippen LogP contribution in [0.5, 0.6) is 5.88 Å². The van der Waals surface area contributed by atoms with Crippen molar-refractivity contribution in [1.82, 2.24) is 14.9 Å². The lowest BCUT2D eigenvalue weighted by atomic mass is 10.2. The van der Waals surface area contributed by atoms with Crippen molar-refractivity contribution in [3.63, 3.8) is 0 Å². The fourth-order valence-corrected chi connectivity index (χ4v) is 3.58. The first-order valence-electron chi connectivity index (χ1n) is 11.1. The normalized spacial score (nSPS) is 15.7. The molecule has 3 N–H and O–H groups in total. The molecule has 10 heteroatoms. The second-order valence-corrected chi connectivity index (χ2v) is 7.99. The molecule has 0 radical (unpaired) electrons. The van der Waals surface area contributed by atoms with Gasteiger partial charge in [-0.15, -0.1) is 0 Å². The van der Waals surface area contributed by atoms with E-state index < -0.39 is 18.8 Å². The molecule has 34 heavy (non-hydrogen) atoms. The van der Waals surface area contributed by atoms with Gasteiger partial charge in [0, 0.05) is 26.2 Å². The fraction of sp³-hybridized carbons (Fsp3) is 0.375. The van der Waals surface area contributed by atoms with E-state index in [9.17, 15) is 15.0 Å². The molecule has 1 saturated heterocycles. The maximum absolute atomic E-state index is 12.4. The lowest BCUT2D eigenvalue weighted by Crippen LogP contribution is -2.49. The highest BCUT2D eigenvalue weighted by Gasteiger charge is 2.25. The summed E-state index contributed by atoms with van der Waals surface area (Å²) in [5.41, 5.74) is 1.60. The number of hydrogen-bond donors (Lipinski definition) is 3. The molecule has 0 spiro atoms. The Bertz CT molecular complexity index is 1090. The summed E-state index contributed by atoms with van der Waals surface area (Å²) in [4.78, 5) is 25.2. The number of carbonyl (C=O) groups is 1. The minimum absolute atomic E-state index is 0.227. The Morgan fingerprint density at radius 1 is 0.941 bits per heavy atom. The van der Waals surface area contributed by atoms with Gasteiger partial charge in [-0.3, -0.25) is 0 Å². The Labute approximate surface area is 197 Å². The molecule has 180 valence electrons. The zero-order chi connectivity index (χ0) is 23.9. The summed E-state index contributed by atoms with van der Waals surface area (Å²) in [5.74, 6) is 0.720. The SMILES string of the molecule is O=C(OCc1ccccc1)N1CCN(c2nc(OC[C@@H](O)[C@H](O)CO)c3ccccc3n2)CC1. The van der Waals surface area contributed by atoms with Crippen LogP contribution in [0, 0.1) is 0 Å². The van der Waals surface area contributed by atoms with Gasteiger partial charge in [0.15, 0.2) is 0 Å². The molecule has 1 amide bonds. The molecule has 2 heterocycles. The summed E-state index contributed by atoms with van der Waals surface area (Å²) in [6.45, 7) is 1.38. The number of fused-ring (bicyclic) bond motifs is 1. The molecule has 1 aliphatic heterocycles. The molecule has 3 aromatic rings. The monoisotopic (exact) mass is 468 g/mol. The Morgan fingerprint density at radius 2 is 1.65 bits per heavy atom. The molecule has 4 rings (SSSR count). The number of rotatable bonds is 8. The fourth-order valence-electron chi connectivity index (χ4n) is 3.58. The van der Waals surface area contributed by atoms with Crippen molar-refractivity contribution in [2.24, 2.45) is 0 Å². The van der Waals surface area contributed by atoms with E-state index in [1.54, 1.807) is 4.90 Å². The smallest absolute Gasteiger partial charge is 0.410 e. The lowest BCUT2D eigenvalue weighted by Gasteiger charge is -2.34. The van der Waals surface area contributed by atoms with Crippen LogP contribution in [-0.2, 0) is 11.3 Å². The standard InChI is InChI=1S/C24H28N4O6/c29-14-20(30)21(31)16-33-22-18-8-4-5-9-19(18)25-23(26-22)27-10-12-28(13-11-27)24(32)34-15-17-6-2-1-3-7-17/h1-9,20-21,29-31H,10-16H2/t20-,21-/m1/s1. The number of carbonyl (C=O) groups excluding carboxylic acids is 1. The lowest BCUT2D eigenvalue weighted by molar-refractivity contribution is -0.0343. The number of amides is 1. The molecule has 2 aromatic carbocycles. The predicted molar refractivity (Wildman–Crippen MR) is 125 cm³/mol. The van der Waals surface area contributed by atoms with Gasteiger partial charge in [-0.25, -0.2) is 9.78 Å². The maximum Gasteiger partial charge on any atom is 0.410 e. The minimum atomic E-state index is -1.30. The summed E-state index contributed by atoms with van der Waals surface area (Å²) in [5, 5.41) is 29.2. The number of nitrogens with zero attached hydrogens (tertiary/aromatic N) is 4. The van der Waals surface area contributed by atoms with Crippen molar-refractivity contribution in [1.29, 1.82) is 0 Å². The average Bonchev–Trinajstić information content (AvgIpc) is 2.90. The number of para-hydroxylation sites is 1. The molecule has 0 aliphatic carbocycles. The molecule has 0 unspecified atom stereocenters. The molecule has 1 fully saturated rings. The van der Waals surface area contributed by atoms with Crippen LogP contribution in [0.2, 0.25) is 0 Å². The number of aliphatic hydroxyl groups is 3. The van der Waals surface area contributed by atoms with E-state index in [0.717, 1.165) is 5.56 Å². The number of aromatic nitrogens is 2. The number of hydrogen-bond acceptors (Lipinski definition) is 9. The van der Waals surface area contributed by atoms with Crippen LogP contribution in [-0.4, -0.2) is 87.9 Å². The highest BCUT2D eigenvalue weighted by Crippen LogP contribution is 2.26. The summed E-state index contributed by atoms with van der Waals surface area (Å²) in [6, 6.07) is 16.9. The summed E-state index contributed by atoms with van der Waals surface area (Å²) in [6.07, 6.45) is -2.92. The molecule has 2 atom stereocenters. The van der Waals surface area contributed by atoms with Crippen molar-refractivity contribution in [2.75, 3.05) is 44.3 Å². The molecular formula is C24H28N4O6. The second kappa shape index (κ2) is 11.1. The molecule has 0 saturated carbocycles. The van der Waals surface area contributed by atoms with Crippen molar-refractivity contribution in [3.8, 4) is 5.88 Å². The Hall–Kier alpha value is -3.47. The van der Waals surface area contributed by atoms with Crippen LogP contribution in [0.15, 0.2) is 54.6 Å². The molecular weight excluding hydrogens is 440 g/mol. The average molecular weight is 469 g/mol. The molecule has 0 bridgehead atoms. The zero-order valence-electron chi connectivity index (χ0n) is 18.7. The maximum atomic E-state index is 12.4. The van der Waals surface area contributed by atoms with Crippen LogP contribution in [0.1, 0.15) is 5.56 Å². The molecule has 1 aliphatic rings. The first-order valence-corrected chi connectivity index (χ1v) is 11.1. The van der Waals surface area contributed by atoms with E-state index in [2.05, 4.69) is 9.97 Å². The van der Waals surface area contributed by atoms with Gasteiger partial charge in [0.25, 0.3) is 0 Å². The van der Waals surface area contributed by atoms with E-state index in [0.29, 0.717) is 43.0 Å². The van der Waals surface area contributed by atoms with E-state index in [1.165, 1.54) is 0 Å². The van der Waals surface area contributed by atoms with Gasteiger partial charge in [0.05, 0.1) is 17.5 Å². The van der Waals surface area contributed by atoms with Crippen molar-refractivity contribution >= 4 is 22.9 Å². The first kappa shape index (κ1) is 23.7. The number of anilines is 1. The Balaban J connectivity index is 1.40. The second-order valence-electron chi connectivity index (χ2n) is 7.99. The van der Waals surface area contributed by atoms with Gasteiger partial charge in [-0.05, 0) is 17.7 Å². The van der Waals surface area contributed by atoms with Crippen molar-refractivity contribution < 1.29 is 29.6 Å². The third kappa shape index (κ3) is 5.71. The van der Waals surface area contributed by atoms with Gasteiger partial charge in [0.1, 0.15) is 25.4 Å². The topological polar surface area (TPSA) is 128 Å². The van der Waals surface area contributed by atoms with E-state index >= 15 is 0 Å². The van der Waals surface area contributed by atoms with Crippen molar-refractivity contribution in [2.45, 2.75) is 18.8 Å². The van der Waals surface area contributed by atoms with Gasteiger partial charge in [-0.1, -0.05) is 42.5 Å². The molecule has 1 aromatic heterocycles. The highest BCUT2D eigenvalue weighted by molar-refractivity contribution is 5.84. The van der Waals surface area contributed by atoms with Gasteiger partial charge < -0.3 is 34.6 Å². The van der Waals surface area contributed by atoms with Crippen LogP contribution in [0.4, 0.5) is 10.7 Å². The Kier molecular flexibility index (Phi) is 7.73. The van der Waals surface area contributed by atoms with E-state index in [-0.39, 0.29) is 25.2 Å². The number of ether oxygens (including phenoxy) is 2. The van der Waals surface area contributed by atoms with Crippen LogP contribution in [0.3, 0.4) is 0 Å². The quantitative estimate of drug-likeness (QED) is 0.446. The number of benzene rings is 2. The number of piperazine rings is 1. The highest BCUT2D eigenvalue weighted by atomic mass is 16.6.